The Balaban J connectivity index is 1.46. The van der Waals surface area contributed by atoms with E-state index in [1.165, 1.54) is 12.8 Å². The summed E-state index contributed by atoms with van der Waals surface area (Å²) in [6.45, 7) is 7.46. The van der Waals surface area contributed by atoms with Gasteiger partial charge in [0.15, 0.2) is 0 Å². The summed E-state index contributed by atoms with van der Waals surface area (Å²) >= 11 is 0. The lowest BCUT2D eigenvalue weighted by molar-refractivity contribution is -0.124. The summed E-state index contributed by atoms with van der Waals surface area (Å²) in [5, 5.41) is 3.12. The van der Waals surface area contributed by atoms with Crippen LogP contribution in [-0.4, -0.2) is 59.8 Å². The molecule has 1 saturated carbocycles. The van der Waals surface area contributed by atoms with Crippen LogP contribution in [0, 0.1) is 5.41 Å². The molecule has 6 nitrogen and oxygen atoms in total. The largest absolute Gasteiger partial charge is 0.379 e. The summed E-state index contributed by atoms with van der Waals surface area (Å²) in [6.07, 6.45) is 7.63. The Morgan fingerprint density at radius 3 is 2.81 bits per heavy atom. The van der Waals surface area contributed by atoms with Gasteiger partial charge in [-0.1, -0.05) is 0 Å². The van der Waals surface area contributed by atoms with Crippen LogP contribution in [0.25, 0.3) is 0 Å². The number of aromatic nitrogens is 2. The highest BCUT2D eigenvalue weighted by Crippen LogP contribution is 2.45. The second-order valence-corrected chi connectivity index (χ2v) is 6.29. The highest BCUT2D eigenvalue weighted by Gasteiger charge is 2.44. The predicted octanol–water partition coefficient (Wildman–Crippen LogP) is 0.673. The van der Waals surface area contributed by atoms with Crippen molar-refractivity contribution in [3.8, 4) is 0 Å². The quantitative estimate of drug-likeness (QED) is 0.837. The molecule has 1 aromatic heterocycles. The Labute approximate surface area is 125 Å². The van der Waals surface area contributed by atoms with Gasteiger partial charge in [-0.3, -0.25) is 9.69 Å². The number of rotatable bonds is 6. The predicted molar refractivity (Wildman–Crippen MR) is 78.9 cm³/mol. The number of nitrogens with one attached hydrogen (secondary N) is 1. The van der Waals surface area contributed by atoms with Gasteiger partial charge in [0.2, 0.25) is 5.91 Å². The fourth-order valence-electron chi connectivity index (χ4n) is 2.86. The minimum absolute atomic E-state index is 0.0706. The summed E-state index contributed by atoms with van der Waals surface area (Å²) in [6, 6.07) is -0.202. The van der Waals surface area contributed by atoms with Gasteiger partial charge in [0.1, 0.15) is 6.04 Å². The van der Waals surface area contributed by atoms with Gasteiger partial charge in [0.05, 0.1) is 19.5 Å². The number of amides is 1. The maximum atomic E-state index is 12.2. The monoisotopic (exact) mass is 292 g/mol. The summed E-state index contributed by atoms with van der Waals surface area (Å²) in [5.41, 5.74) is 0.293. The summed E-state index contributed by atoms with van der Waals surface area (Å²) in [4.78, 5) is 18.7. The molecule has 1 atom stereocenters. The summed E-state index contributed by atoms with van der Waals surface area (Å²) < 4.78 is 7.22. The molecule has 116 valence electrons. The van der Waals surface area contributed by atoms with Gasteiger partial charge in [-0.25, -0.2) is 4.98 Å². The smallest absolute Gasteiger partial charge is 0.242 e. The van der Waals surface area contributed by atoms with Crippen molar-refractivity contribution in [2.24, 2.45) is 5.41 Å². The third-order valence-corrected chi connectivity index (χ3v) is 4.61. The third-order valence-electron chi connectivity index (χ3n) is 4.61. The molecule has 1 aliphatic carbocycles. The van der Waals surface area contributed by atoms with Gasteiger partial charge in [-0.05, 0) is 19.8 Å². The lowest BCUT2D eigenvalue weighted by Gasteiger charge is -2.30. The first kappa shape index (κ1) is 14.5. The highest BCUT2D eigenvalue weighted by atomic mass is 16.5. The molecule has 2 aliphatic rings. The molecule has 2 fully saturated rings. The standard InChI is InChI=1S/C15H24N4O2/c1-13(19-5-4-16-12-19)14(20)17-10-15(2-3-15)11-18-6-8-21-9-7-18/h4-5,12-13H,2-3,6-11H2,1H3,(H,17,20)/t13-/m1/s1. The molecule has 21 heavy (non-hydrogen) atoms. The minimum Gasteiger partial charge on any atom is -0.379 e. The number of hydrogen-bond acceptors (Lipinski definition) is 4. The van der Waals surface area contributed by atoms with Crippen LogP contribution in [0.3, 0.4) is 0 Å². The number of hydrogen-bond donors (Lipinski definition) is 1. The van der Waals surface area contributed by atoms with E-state index in [0.717, 1.165) is 39.4 Å². The number of carbonyl (C=O) groups is 1. The molecule has 0 aromatic carbocycles. The average Bonchev–Trinajstić information content (AvgIpc) is 3.05. The van der Waals surface area contributed by atoms with E-state index in [9.17, 15) is 4.79 Å². The van der Waals surface area contributed by atoms with Gasteiger partial charge in [-0.15, -0.1) is 0 Å². The first-order valence-electron chi connectivity index (χ1n) is 7.74. The Morgan fingerprint density at radius 2 is 2.19 bits per heavy atom. The van der Waals surface area contributed by atoms with Crippen LogP contribution in [-0.2, 0) is 9.53 Å². The summed E-state index contributed by atoms with van der Waals surface area (Å²) in [5.74, 6) is 0.0706. The van der Waals surface area contributed by atoms with Gasteiger partial charge < -0.3 is 14.6 Å². The molecule has 1 saturated heterocycles. The molecule has 3 rings (SSSR count). The second kappa shape index (κ2) is 6.15. The molecule has 0 spiro atoms. The van der Waals surface area contributed by atoms with E-state index in [0.29, 0.717) is 5.41 Å². The fourth-order valence-corrected chi connectivity index (χ4v) is 2.86. The Morgan fingerprint density at radius 1 is 1.43 bits per heavy atom. The van der Waals surface area contributed by atoms with Gasteiger partial charge >= 0.3 is 0 Å². The van der Waals surface area contributed by atoms with Crippen LogP contribution in [0.4, 0.5) is 0 Å². The zero-order valence-electron chi connectivity index (χ0n) is 12.6. The van der Waals surface area contributed by atoms with Crippen molar-refractivity contribution < 1.29 is 9.53 Å². The van der Waals surface area contributed by atoms with E-state index < -0.39 is 0 Å². The molecule has 1 N–H and O–H groups in total. The molecule has 0 bridgehead atoms. The zero-order chi connectivity index (χ0) is 14.7. The van der Waals surface area contributed by atoms with Crippen molar-refractivity contribution >= 4 is 5.91 Å². The molecule has 1 aliphatic heterocycles. The molecular formula is C15H24N4O2. The third kappa shape index (κ3) is 3.63. The number of ether oxygens (including phenoxy) is 1. The van der Waals surface area contributed by atoms with Crippen molar-refractivity contribution in [1.82, 2.24) is 19.8 Å². The molecule has 2 heterocycles. The minimum atomic E-state index is -0.202. The number of nitrogens with zero attached hydrogens (tertiary/aromatic N) is 3. The normalized spacial score (nSPS) is 22.7. The van der Waals surface area contributed by atoms with E-state index in [-0.39, 0.29) is 11.9 Å². The molecule has 1 aromatic rings. The number of carbonyl (C=O) groups excluding carboxylic acids is 1. The Kier molecular flexibility index (Phi) is 4.26. The maximum absolute atomic E-state index is 12.2. The van der Waals surface area contributed by atoms with Gasteiger partial charge in [0.25, 0.3) is 0 Å². The lowest BCUT2D eigenvalue weighted by atomic mass is 10.1. The number of imidazole rings is 1. The first-order chi connectivity index (χ1) is 10.2. The fraction of sp³-hybridized carbons (Fsp3) is 0.733. The van der Waals surface area contributed by atoms with E-state index in [1.54, 1.807) is 12.5 Å². The van der Waals surface area contributed by atoms with Crippen LogP contribution in [0.1, 0.15) is 25.8 Å². The topological polar surface area (TPSA) is 59.4 Å². The lowest BCUT2D eigenvalue weighted by Crippen LogP contribution is -2.43. The molecular weight excluding hydrogens is 268 g/mol. The van der Waals surface area contributed by atoms with Crippen molar-refractivity contribution in [2.45, 2.75) is 25.8 Å². The Hall–Kier alpha value is -1.40. The SMILES string of the molecule is C[C@H](C(=O)NCC1(CN2CCOCC2)CC1)n1ccnc1. The van der Waals surface area contributed by atoms with Gasteiger partial charge in [0, 0.05) is 44.0 Å². The van der Waals surface area contributed by atoms with Crippen LogP contribution in [0.2, 0.25) is 0 Å². The molecule has 0 unspecified atom stereocenters. The molecule has 1 amide bonds. The molecule has 0 radical (unpaired) electrons. The summed E-state index contributed by atoms with van der Waals surface area (Å²) in [7, 11) is 0. The van der Waals surface area contributed by atoms with Crippen molar-refractivity contribution in [2.75, 3.05) is 39.4 Å². The van der Waals surface area contributed by atoms with Crippen LogP contribution < -0.4 is 5.32 Å². The van der Waals surface area contributed by atoms with E-state index >= 15 is 0 Å². The Bertz CT molecular complexity index is 464. The average molecular weight is 292 g/mol. The first-order valence-corrected chi connectivity index (χ1v) is 7.74. The van der Waals surface area contributed by atoms with Crippen LogP contribution >= 0.6 is 0 Å². The van der Waals surface area contributed by atoms with Crippen molar-refractivity contribution in [1.29, 1.82) is 0 Å². The van der Waals surface area contributed by atoms with Crippen LogP contribution in [0.15, 0.2) is 18.7 Å². The van der Waals surface area contributed by atoms with E-state index in [1.807, 2.05) is 17.7 Å². The second-order valence-electron chi connectivity index (χ2n) is 6.29. The van der Waals surface area contributed by atoms with Gasteiger partial charge in [-0.2, -0.15) is 0 Å². The highest BCUT2D eigenvalue weighted by molar-refractivity contribution is 5.79. The van der Waals surface area contributed by atoms with Crippen molar-refractivity contribution in [3.05, 3.63) is 18.7 Å². The van der Waals surface area contributed by atoms with E-state index in [4.69, 9.17) is 4.74 Å². The molecule has 6 heteroatoms. The maximum Gasteiger partial charge on any atom is 0.242 e. The number of morpholine rings is 1. The van der Waals surface area contributed by atoms with Crippen molar-refractivity contribution in [3.63, 3.8) is 0 Å². The van der Waals surface area contributed by atoms with E-state index in [2.05, 4.69) is 15.2 Å². The van der Waals surface area contributed by atoms with Crippen LogP contribution in [0.5, 0.6) is 0 Å². The zero-order valence-corrected chi connectivity index (χ0v) is 12.6.